The minimum Gasteiger partial charge on any atom is -0.383 e. The average Bonchev–Trinajstić information content (AvgIpc) is 2.82. The number of methoxy groups -OCH3 is 2. The molecule has 1 rings (SSSR count). The maximum absolute atomic E-state index is 5.55. The van der Waals surface area contributed by atoms with Crippen LogP contribution in [0.2, 0.25) is 0 Å². The third kappa shape index (κ3) is 5.25. The van der Waals surface area contributed by atoms with Crippen molar-refractivity contribution < 1.29 is 9.47 Å². The SMILES string of the molecule is COCCNCC1(CCC(C)(C)OC)CCCC1. The Morgan fingerprint density at radius 3 is 2.39 bits per heavy atom. The predicted molar refractivity (Wildman–Crippen MR) is 76.0 cm³/mol. The minimum absolute atomic E-state index is 0.0160. The molecule has 0 radical (unpaired) electrons. The lowest BCUT2D eigenvalue weighted by Gasteiger charge is -2.33. The summed E-state index contributed by atoms with van der Waals surface area (Å²) in [6.45, 7) is 7.28. The molecule has 1 aliphatic carbocycles. The average molecular weight is 257 g/mol. The van der Waals surface area contributed by atoms with Gasteiger partial charge in [0, 0.05) is 27.3 Å². The Morgan fingerprint density at radius 2 is 1.83 bits per heavy atom. The van der Waals surface area contributed by atoms with Gasteiger partial charge >= 0.3 is 0 Å². The molecule has 1 N–H and O–H groups in total. The van der Waals surface area contributed by atoms with Crippen molar-refractivity contribution in [3.8, 4) is 0 Å². The van der Waals surface area contributed by atoms with Crippen LogP contribution in [0, 0.1) is 5.41 Å². The van der Waals surface area contributed by atoms with Gasteiger partial charge in [-0.05, 0) is 44.9 Å². The van der Waals surface area contributed by atoms with Crippen LogP contribution in [0.15, 0.2) is 0 Å². The first-order chi connectivity index (χ1) is 8.54. The molecule has 1 saturated carbocycles. The molecule has 0 aliphatic heterocycles. The summed E-state index contributed by atoms with van der Waals surface area (Å²) >= 11 is 0. The molecule has 3 nitrogen and oxygen atoms in total. The highest BCUT2D eigenvalue weighted by Crippen LogP contribution is 2.42. The van der Waals surface area contributed by atoms with Gasteiger partial charge in [0.1, 0.15) is 0 Å². The Bertz CT molecular complexity index is 223. The van der Waals surface area contributed by atoms with Crippen molar-refractivity contribution in [3.05, 3.63) is 0 Å². The van der Waals surface area contributed by atoms with Crippen LogP contribution >= 0.6 is 0 Å². The summed E-state index contributed by atoms with van der Waals surface area (Å²) in [7, 11) is 3.58. The lowest BCUT2D eigenvalue weighted by atomic mass is 9.79. The van der Waals surface area contributed by atoms with E-state index < -0.39 is 0 Å². The number of rotatable bonds is 9. The zero-order valence-electron chi connectivity index (χ0n) is 12.7. The van der Waals surface area contributed by atoms with E-state index in [0.29, 0.717) is 5.41 Å². The molecular formula is C15H31NO2. The summed E-state index contributed by atoms with van der Waals surface area (Å²) in [5.74, 6) is 0. The molecule has 0 saturated heterocycles. The quantitative estimate of drug-likeness (QED) is 0.644. The van der Waals surface area contributed by atoms with E-state index in [9.17, 15) is 0 Å². The standard InChI is InChI=1S/C15H31NO2/c1-14(2,18-4)9-10-15(7-5-6-8-15)13-16-11-12-17-3/h16H,5-13H2,1-4H3. The van der Waals surface area contributed by atoms with Crippen molar-refractivity contribution in [2.24, 2.45) is 5.41 Å². The smallest absolute Gasteiger partial charge is 0.0623 e. The van der Waals surface area contributed by atoms with E-state index in [1.165, 1.54) is 32.1 Å². The Kier molecular flexibility index (Phi) is 6.61. The van der Waals surface area contributed by atoms with E-state index in [1.54, 1.807) is 7.11 Å². The molecule has 18 heavy (non-hydrogen) atoms. The summed E-state index contributed by atoms with van der Waals surface area (Å²) in [6.07, 6.45) is 7.93. The van der Waals surface area contributed by atoms with Gasteiger partial charge in [-0.25, -0.2) is 0 Å². The molecule has 108 valence electrons. The zero-order chi connectivity index (χ0) is 13.5. The van der Waals surface area contributed by atoms with Gasteiger partial charge in [-0.2, -0.15) is 0 Å². The van der Waals surface area contributed by atoms with Gasteiger partial charge in [-0.1, -0.05) is 12.8 Å². The first-order valence-electron chi connectivity index (χ1n) is 7.28. The lowest BCUT2D eigenvalue weighted by molar-refractivity contribution is 0.00357. The van der Waals surface area contributed by atoms with Crippen molar-refractivity contribution >= 4 is 0 Å². The molecule has 0 aromatic carbocycles. The number of hydrogen-bond donors (Lipinski definition) is 1. The fraction of sp³-hybridized carbons (Fsp3) is 1.00. The Morgan fingerprint density at radius 1 is 1.17 bits per heavy atom. The van der Waals surface area contributed by atoms with E-state index in [1.807, 2.05) is 7.11 Å². The zero-order valence-corrected chi connectivity index (χ0v) is 12.7. The molecule has 0 bridgehead atoms. The fourth-order valence-corrected chi connectivity index (χ4v) is 2.84. The second-order valence-corrected chi connectivity index (χ2v) is 6.34. The van der Waals surface area contributed by atoms with Crippen LogP contribution < -0.4 is 5.32 Å². The summed E-state index contributed by atoms with van der Waals surface area (Å²) in [6, 6.07) is 0. The molecule has 0 amide bonds. The maximum Gasteiger partial charge on any atom is 0.0623 e. The molecule has 1 aliphatic rings. The highest BCUT2D eigenvalue weighted by atomic mass is 16.5. The van der Waals surface area contributed by atoms with Crippen LogP contribution in [0.5, 0.6) is 0 Å². The normalized spacial score (nSPS) is 19.3. The first kappa shape index (κ1) is 15.9. The fourth-order valence-electron chi connectivity index (χ4n) is 2.84. The predicted octanol–water partition coefficient (Wildman–Crippen LogP) is 2.99. The summed E-state index contributed by atoms with van der Waals surface area (Å²) in [4.78, 5) is 0. The Labute approximate surface area is 113 Å². The molecule has 0 atom stereocenters. The summed E-state index contributed by atoms with van der Waals surface area (Å²) in [5.41, 5.74) is 0.520. The van der Waals surface area contributed by atoms with Crippen molar-refractivity contribution in [2.45, 2.75) is 58.0 Å². The maximum atomic E-state index is 5.55. The molecule has 0 aromatic heterocycles. The van der Waals surface area contributed by atoms with Gasteiger partial charge in [-0.3, -0.25) is 0 Å². The molecule has 3 heteroatoms. The molecule has 0 spiro atoms. The van der Waals surface area contributed by atoms with Gasteiger partial charge in [0.15, 0.2) is 0 Å². The van der Waals surface area contributed by atoms with Crippen molar-refractivity contribution in [1.82, 2.24) is 5.32 Å². The van der Waals surface area contributed by atoms with Crippen LogP contribution in [0.3, 0.4) is 0 Å². The van der Waals surface area contributed by atoms with Crippen LogP contribution in [-0.2, 0) is 9.47 Å². The van der Waals surface area contributed by atoms with Gasteiger partial charge < -0.3 is 14.8 Å². The van der Waals surface area contributed by atoms with Crippen molar-refractivity contribution in [1.29, 1.82) is 0 Å². The van der Waals surface area contributed by atoms with E-state index in [0.717, 1.165) is 26.1 Å². The molecular weight excluding hydrogens is 226 g/mol. The Balaban J connectivity index is 2.38. The van der Waals surface area contributed by atoms with E-state index in [4.69, 9.17) is 9.47 Å². The van der Waals surface area contributed by atoms with Gasteiger partial charge in [-0.15, -0.1) is 0 Å². The Hall–Kier alpha value is -0.120. The summed E-state index contributed by atoms with van der Waals surface area (Å²) < 4.78 is 10.6. The largest absolute Gasteiger partial charge is 0.383 e. The van der Waals surface area contributed by atoms with Gasteiger partial charge in [0.05, 0.1) is 12.2 Å². The highest BCUT2D eigenvalue weighted by molar-refractivity contribution is 4.88. The van der Waals surface area contributed by atoms with E-state index in [2.05, 4.69) is 19.2 Å². The third-order valence-electron chi connectivity index (χ3n) is 4.46. The van der Waals surface area contributed by atoms with Crippen LogP contribution in [-0.4, -0.2) is 39.5 Å². The number of ether oxygens (including phenoxy) is 2. The van der Waals surface area contributed by atoms with Crippen LogP contribution in [0.25, 0.3) is 0 Å². The number of nitrogens with one attached hydrogen (secondary N) is 1. The molecule has 1 fully saturated rings. The van der Waals surface area contributed by atoms with Crippen LogP contribution in [0.4, 0.5) is 0 Å². The van der Waals surface area contributed by atoms with E-state index >= 15 is 0 Å². The van der Waals surface area contributed by atoms with Gasteiger partial charge in [0.2, 0.25) is 0 Å². The van der Waals surface area contributed by atoms with Crippen molar-refractivity contribution in [2.75, 3.05) is 33.9 Å². The third-order valence-corrected chi connectivity index (χ3v) is 4.46. The highest BCUT2D eigenvalue weighted by Gasteiger charge is 2.34. The minimum atomic E-state index is 0.0160. The first-order valence-corrected chi connectivity index (χ1v) is 7.28. The van der Waals surface area contributed by atoms with E-state index in [-0.39, 0.29) is 5.60 Å². The molecule has 0 aromatic rings. The lowest BCUT2D eigenvalue weighted by Crippen LogP contribution is -2.36. The van der Waals surface area contributed by atoms with Crippen molar-refractivity contribution in [3.63, 3.8) is 0 Å². The monoisotopic (exact) mass is 257 g/mol. The molecule has 0 unspecified atom stereocenters. The second-order valence-electron chi connectivity index (χ2n) is 6.34. The van der Waals surface area contributed by atoms with Crippen LogP contribution in [0.1, 0.15) is 52.4 Å². The second kappa shape index (κ2) is 7.46. The number of hydrogen-bond acceptors (Lipinski definition) is 3. The molecule has 0 heterocycles. The topological polar surface area (TPSA) is 30.5 Å². The summed E-state index contributed by atoms with van der Waals surface area (Å²) in [5, 5.41) is 3.56. The van der Waals surface area contributed by atoms with Gasteiger partial charge in [0.25, 0.3) is 0 Å².